The van der Waals surface area contributed by atoms with Crippen LogP contribution in [0.25, 0.3) is 76.9 Å². The highest BCUT2D eigenvalue weighted by atomic mass is 16.3. The lowest BCUT2D eigenvalue weighted by molar-refractivity contribution is 0.383. The van der Waals surface area contributed by atoms with Gasteiger partial charge in [0.15, 0.2) is 12.0 Å². The van der Waals surface area contributed by atoms with Crippen molar-refractivity contribution in [1.29, 1.82) is 0 Å². The topological polar surface area (TPSA) is 41.1 Å². The maximum absolute atomic E-state index is 6.80. The SMILES string of the molecule is CN1C(c2ccccc2)=NC(c2ccccc2)=NC1c1ccc2c(-c3cccc4oc5c6c(ccc5c34)-c3cccc4cccc-6c34)cccc2c1. The van der Waals surface area contributed by atoms with Gasteiger partial charge in [0.25, 0.3) is 0 Å². The van der Waals surface area contributed by atoms with E-state index in [4.69, 9.17) is 14.4 Å². The summed E-state index contributed by atoms with van der Waals surface area (Å²) in [4.78, 5) is 12.5. The van der Waals surface area contributed by atoms with Crippen molar-refractivity contribution in [2.75, 3.05) is 7.05 Å². The average molecular weight is 666 g/mol. The molecule has 2 heterocycles. The van der Waals surface area contributed by atoms with Crippen LogP contribution in [0.5, 0.6) is 0 Å². The molecule has 0 fully saturated rings. The standard InChI is InChI=1S/C48H31N3O/c1-51-47(31-14-6-3-7-15-31)49-46(30-12-4-2-5-13-30)50-48(51)33-24-25-34-32(28-33)18-10-19-35(34)36-21-11-23-41-43(36)40-27-26-38-37-20-8-16-29-17-9-22-39(42(29)37)44(38)45(40)52-41/h2-28,48H,1H3. The molecule has 4 heteroatoms. The van der Waals surface area contributed by atoms with Crippen molar-refractivity contribution in [3.05, 3.63) is 180 Å². The van der Waals surface area contributed by atoms with E-state index in [2.05, 4.69) is 151 Å². The average Bonchev–Trinajstić information content (AvgIpc) is 3.75. The van der Waals surface area contributed by atoms with Crippen molar-refractivity contribution in [2.24, 2.45) is 9.98 Å². The predicted molar refractivity (Wildman–Crippen MR) is 215 cm³/mol. The minimum absolute atomic E-state index is 0.243. The molecule has 1 atom stereocenters. The van der Waals surface area contributed by atoms with Gasteiger partial charge in [0, 0.05) is 34.5 Å². The molecule has 0 amide bonds. The van der Waals surface area contributed by atoms with Gasteiger partial charge in [-0.25, -0.2) is 9.98 Å². The number of aliphatic imine (C=N–C) groups is 2. The molecule has 1 aliphatic carbocycles. The van der Waals surface area contributed by atoms with E-state index in [0.717, 1.165) is 55.7 Å². The lowest BCUT2D eigenvalue weighted by Gasteiger charge is -2.32. The van der Waals surface area contributed by atoms with Gasteiger partial charge >= 0.3 is 0 Å². The molecule has 1 aromatic heterocycles. The van der Waals surface area contributed by atoms with Crippen molar-refractivity contribution >= 4 is 55.2 Å². The molecule has 0 spiro atoms. The Morgan fingerprint density at radius 3 is 1.96 bits per heavy atom. The molecule has 52 heavy (non-hydrogen) atoms. The van der Waals surface area contributed by atoms with Crippen molar-refractivity contribution in [3.8, 4) is 33.4 Å². The zero-order valence-corrected chi connectivity index (χ0v) is 28.4. The number of fused-ring (bicyclic) bond motifs is 8. The van der Waals surface area contributed by atoms with Gasteiger partial charge in [-0.05, 0) is 73.1 Å². The molecule has 4 nitrogen and oxygen atoms in total. The van der Waals surface area contributed by atoms with Crippen LogP contribution in [0.15, 0.2) is 178 Å². The first-order valence-electron chi connectivity index (χ1n) is 17.8. The number of amidine groups is 2. The van der Waals surface area contributed by atoms with Gasteiger partial charge in [0.2, 0.25) is 0 Å². The summed E-state index contributed by atoms with van der Waals surface area (Å²) in [5, 5.41) is 7.21. The Bertz CT molecular complexity index is 2970. The minimum atomic E-state index is -0.243. The summed E-state index contributed by atoms with van der Waals surface area (Å²) < 4.78 is 6.80. The monoisotopic (exact) mass is 665 g/mol. The summed E-state index contributed by atoms with van der Waals surface area (Å²) in [6.07, 6.45) is -0.243. The fraction of sp³-hybridized carbons (Fsp3) is 0.0417. The zero-order chi connectivity index (χ0) is 34.3. The van der Waals surface area contributed by atoms with Gasteiger partial charge in [-0.2, -0.15) is 0 Å². The first-order valence-corrected chi connectivity index (χ1v) is 17.8. The lowest BCUT2D eigenvalue weighted by Crippen LogP contribution is -2.35. The van der Waals surface area contributed by atoms with Gasteiger partial charge < -0.3 is 9.32 Å². The van der Waals surface area contributed by atoms with E-state index in [1.165, 1.54) is 49.5 Å². The molecule has 1 unspecified atom stereocenters. The molecule has 1 aliphatic heterocycles. The molecule has 11 rings (SSSR count). The van der Waals surface area contributed by atoms with Crippen LogP contribution < -0.4 is 0 Å². The Morgan fingerprint density at radius 1 is 0.519 bits per heavy atom. The van der Waals surface area contributed by atoms with Crippen molar-refractivity contribution < 1.29 is 4.42 Å². The second kappa shape index (κ2) is 11.1. The van der Waals surface area contributed by atoms with Gasteiger partial charge in [0.05, 0.1) is 0 Å². The fourth-order valence-electron chi connectivity index (χ4n) is 8.48. The molecular weight excluding hydrogens is 635 g/mol. The largest absolute Gasteiger partial charge is 0.455 e. The number of hydrogen-bond acceptors (Lipinski definition) is 4. The number of benzene rings is 8. The Labute approximate surface area is 300 Å². The molecular formula is C48H31N3O. The summed E-state index contributed by atoms with van der Waals surface area (Å²) in [6.45, 7) is 0. The van der Waals surface area contributed by atoms with Crippen LogP contribution in [-0.2, 0) is 0 Å². The van der Waals surface area contributed by atoms with Crippen LogP contribution in [-0.4, -0.2) is 23.6 Å². The third-order valence-corrected chi connectivity index (χ3v) is 10.8. The Hall–Kier alpha value is -6.78. The summed E-state index contributed by atoms with van der Waals surface area (Å²) in [5.41, 5.74) is 12.3. The van der Waals surface area contributed by atoms with Gasteiger partial charge in [0.1, 0.15) is 17.0 Å². The van der Waals surface area contributed by atoms with E-state index < -0.39 is 0 Å². The third kappa shape index (κ3) is 4.21. The maximum Gasteiger partial charge on any atom is 0.159 e. The van der Waals surface area contributed by atoms with Gasteiger partial charge in [-0.3, -0.25) is 0 Å². The van der Waals surface area contributed by atoms with E-state index in [9.17, 15) is 0 Å². The summed E-state index contributed by atoms with van der Waals surface area (Å²) in [6, 6.07) is 58.2. The van der Waals surface area contributed by atoms with E-state index in [0.29, 0.717) is 0 Å². The zero-order valence-electron chi connectivity index (χ0n) is 28.4. The highest BCUT2D eigenvalue weighted by Gasteiger charge is 2.28. The molecule has 2 aliphatic rings. The third-order valence-electron chi connectivity index (χ3n) is 10.8. The number of hydrogen-bond donors (Lipinski definition) is 0. The quantitative estimate of drug-likeness (QED) is 0.188. The molecule has 0 saturated heterocycles. The van der Waals surface area contributed by atoms with E-state index >= 15 is 0 Å². The Kier molecular flexibility index (Phi) is 6.20. The van der Waals surface area contributed by atoms with E-state index in [1.807, 2.05) is 24.3 Å². The fourth-order valence-corrected chi connectivity index (χ4v) is 8.48. The molecule has 0 bridgehead atoms. The van der Waals surface area contributed by atoms with E-state index in [1.54, 1.807) is 0 Å². The van der Waals surface area contributed by atoms with Crippen molar-refractivity contribution in [1.82, 2.24) is 4.90 Å². The van der Waals surface area contributed by atoms with Crippen LogP contribution in [0.2, 0.25) is 0 Å². The Balaban J connectivity index is 1.06. The minimum Gasteiger partial charge on any atom is -0.455 e. The number of nitrogens with zero attached hydrogens (tertiary/aromatic N) is 3. The molecule has 8 aromatic carbocycles. The smallest absolute Gasteiger partial charge is 0.159 e. The normalized spacial score (nSPS) is 15.0. The molecule has 9 aromatic rings. The van der Waals surface area contributed by atoms with Crippen molar-refractivity contribution in [3.63, 3.8) is 0 Å². The molecule has 0 saturated carbocycles. The highest BCUT2D eigenvalue weighted by Crippen LogP contribution is 2.52. The number of rotatable bonds is 4. The Morgan fingerprint density at radius 2 is 1.17 bits per heavy atom. The second-order valence-corrected chi connectivity index (χ2v) is 13.7. The first-order chi connectivity index (χ1) is 25.7. The summed E-state index contributed by atoms with van der Waals surface area (Å²) in [7, 11) is 2.09. The molecule has 244 valence electrons. The van der Waals surface area contributed by atoms with Gasteiger partial charge in [-0.1, -0.05) is 146 Å². The number of furan rings is 1. The van der Waals surface area contributed by atoms with E-state index in [-0.39, 0.29) is 6.17 Å². The maximum atomic E-state index is 6.80. The molecule has 0 N–H and O–H groups in total. The van der Waals surface area contributed by atoms with Crippen LogP contribution in [0.1, 0.15) is 22.9 Å². The van der Waals surface area contributed by atoms with Crippen LogP contribution in [0, 0.1) is 0 Å². The molecule has 0 radical (unpaired) electrons. The van der Waals surface area contributed by atoms with Crippen LogP contribution in [0.4, 0.5) is 0 Å². The first kappa shape index (κ1) is 29.0. The van der Waals surface area contributed by atoms with Crippen LogP contribution >= 0.6 is 0 Å². The lowest BCUT2D eigenvalue weighted by atomic mass is 9.92. The van der Waals surface area contributed by atoms with Crippen LogP contribution in [0.3, 0.4) is 0 Å². The van der Waals surface area contributed by atoms with Crippen molar-refractivity contribution in [2.45, 2.75) is 6.17 Å². The summed E-state index contributed by atoms with van der Waals surface area (Å²) >= 11 is 0. The highest BCUT2D eigenvalue weighted by molar-refractivity contribution is 6.25. The second-order valence-electron chi connectivity index (χ2n) is 13.7. The van der Waals surface area contributed by atoms with Gasteiger partial charge in [-0.15, -0.1) is 0 Å². The summed E-state index contributed by atoms with van der Waals surface area (Å²) in [5.74, 6) is 1.64. The predicted octanol–water partition coefficient (Wildman–Crippen LogP) is 12.0.